The third kappa shape index (κ3) is 5.47. The maximum absolute atomic E-state index is 12.3. The molecule has 0 saturated carbocycles. The van der Waals surface area contributed by atoms with Gasteiger partial charge in [0.15, 0.2) is 0 Å². The number of likely N-dealkylation sites (tertiary alicyclic amines) is 1. The summed E-state index contributed by atoms with van der Waals surface area (Å²) in [5.74, 6) is 0.202. The lowest BCUT2D eigenvalue weighted by Gasteiger charge is -2.20. The van der Waals surface area contributed by atoms with Crippen LogP contribution >= 0.6 is 0 Å². The molecule has 0 unspecified atom stereocenters. The van der Waals surface area contributed by atoms with Crippen LogP contribution in [0.3, 0.4) is 0 Å². The van der Waals surface area contributed by atoms with Crippen molar-refractivity contribution in [3.63, 3.8) is 0 Å². The van der Waals surface area contributed by atoms with Crippen LogP contribution in [-0.4, -0.2) is 53.7 Å². The molecule has 1 aromatic heterocycles. The Hall–Kier alpha value is -1.40. The van der Waals surface area contributed by atoms with Crippen molar-refractivity contribution < 1.29 is 9.53 Å². The second-order valence-corrected chi connectivity index (χ2v) is 5.50. The number of nitrogens with one attached hydrogen (secondary N) is 1. The third-order valence-electron chi connectivity index (χ3n) is 3.75. The number of rotatable bonds is 7. The molecule has 0 atom stereocenters. The second kappa shape index (κ2) is 8.79. The van der Waals surface area contributed by atoms with Gasteiger partial charge in [0.2, 0.25) is 5.91 Å². The molecule has 0 spiro atoms. The van der Waals surface area contributed by atoms with Crippen LogP contribution in [0, 0.1) is 0 Å². The fourth-order valence-corrected chi connectivity index (χ4v) is 2.55. The number of ether oxygens (including phenoxy) is 1. The monoisotopic (exact) mass is 294 g/mol. The molecular weight excluding hydrogens is 268 g/mol. The van der Waals surface area contributed by atoms with E-state index in [1.54, 1.807) is 13.4 Å². The molecular formula is C15H26N4O2. The van der Waals surface area contributed by atoms with E-state index in [-0.39, 0.29) is 5.91 Å². The van der Waals surface area contributed by atoms with E-state index in [0.717, 1.165) is 38.2 Å². The van der Waals surface area contributed by atoms with E-state index >= 15 is 0 Å². The summed E-state index contributed by atoms with van der Waals surface area (Å²) in [7, 11) is 1.69. The van der Waals surface area contributed by atoms with Gasteiger partial charge in [-0.15, -0.1) is 0 Å². The Morgan fingerprint density at radius 1 is 1.33 bits per heavy atom. The fourth-order valence-electron chi connectivity index (χ4n) is 2.55. The highest BCUT2D eigenvalue weighted by atomic mass is 16.5. The van der Waals surface area contributed by atoms with E-state index in [9.17, 15) is 4.79 Å². The Morgan fingerprint density at radius 3 is 2.81 bits per heavy atom. The standard InChI is InChI=1S/C15H26N4O2/c1-21-9-6-16-10-14-11-18(13-17-14)12-15(20)19-7-4-2-3-5-8-19/h11,13,16H,2-10,12H2,1H3. The summed E-state index contributed by atoms with van der Waals surface area (Å²) in [6.45, 7) is 4.39. The molecule has 0 aliphatic carbocycles. The lowest BCUT2D eigenvalue weighted by atomic mass is 10.2. The number of amides is 1. The minimum absolute atomic E-state index is 0.202. The number of carbonyl (C=O) groups excluding carboxylic acids is 1. The van der Waals surface area contributed by atoms with Crippen molar-refractivity contribution in [3.8, 4) is 0 Å². The molecule has 2 heterocycles. The van der Waals surface area contributed by atoms with Crippen LogP contribution in [-0.2, 0) is 22.6 Å². The van der Waals surface area contributed by atoms with E-state index in [1.165, 1.54) is 12.8 Å². The SMILES string of the molecule is COCCNCc1cn(CC(=O)N2CCCCCC2)cn1. The highest BCUT2D eigenvalue weighted by Crippen LogP contribution is 2.10. The summed E-state index contributed by atoms with van der Waals surface area (Å²) in [6.07, 6.45) is 8.42. The maximum Gasteiger partial charge on any atom is 0.242 e. The summed E-state index contributed by atoms with van der Waals surface area (Å²) in [4.78, 5) is 18.6. The van der Waals surface area contributed by atoms with Crippen LogP contribution in [0.2, 0.25) is 0 Å². The number of aromatic nitrogens is 2. The van der Waals surface area contributed by atoms with Crippen LogP contribution < -0.4 is 5.32 Å². The Kier molecular flexibility index (Phi) is 6.69. The average molecular weight is 294 g/mol. The molecule has 1 aliphatic heterocycles. The van der Waals surface area contributed by atoms with Gasteiger partial charge in [-0.2, -0.15) is 0 Å². The number of hydrogen-bond donors (Lipinski definition) is 1. The van der Waals surface area contributed by atoms with Gasteiger partial charge >= 0.3 is 0 Å². The molecule has 118 valence electrons. The predicted octanol–water partition coefficient (Wildman–Crippen LogP) is 1.02. The molecule has 0 bridgehead atoms. The van der Waals surface area contributed by atoms with Gasteiger partial charge in [0, 0.05) is 39.5 Å². The summed E-state index contributed by atoms with van der Waals surface area (Å²) in [5.41, 5.74) is 0.953. The zero-order valence-corrected chi connectivity index (χ0v) is 12.9. The summed E-state index contributed by atoms with van der Waals surface area (Å²) < 4.78 is 6.85. The molecule has 1 N–H and O–H groups in total. The maximum atomic E-state index is 12.3. The van der Waals surface area contributed by atoms with E-state index in [0.29, 0.717) is 19.7 Å². The van der Waals surface area contributed by atoms with Crippen molar-refractivity contribution in [2.45, 2.75) is 38.8 Å². The molecule has 1 aromatic rings. The smallest absolute Gasteiger partial charge is 0.242 e. The molecule has 0 radical (unpaired) electrons. The average Bonchev–Trinajstić information content (AvgIpc) is 2.76. The van der Waals surface area contributed by atoms with E-state index in [2.05, 4.69) is 10.3 Å². The van der Waals surface area contributed by atoms with E-state index in [4.69, 9.17) is 4.74 Å². The first kappa shape index (κ1) is 16.0. The van der Waals surface area contributed by atoms with Gasteiger partial charge in [-0.05, 0) is 12.8 Å². The van der Waals surface area contributed by atoms with Crippen LogP contribution in [0.4, 0.5) is 0 Å². The molecule has 6 nitrogen and oxygen atoms in total. The van der Waals surface area contributed by atoms with Crippen LogP contribution in [0.1, 0.15) is 31.4 Å². The van der Waals surface area contributed by atoms with Gasteiger partial charge in [0.05, 0.1) is 18.6 Å². The number of methoxy groups -OCH3 is 1. The zero-order valence-electron chi connectivity index (χ0n) is 12.9. The quantitative estimate of drug-likeness (QED) is 0.763. The fraction of sp³-hybridized carbons (Fsp3) is 0.733. The minimum atomic E-state index is 0.202. The van der Waals surface area contributed by atoms with Crippen molar-refractivity contribution in [3.05, 3.63) is 18.2 Å². The van der Waals surface area contributed by atoms with Gasteiger partial charge in [-0.3, -0.25) is 4.79 Å². The van der Waals surface area contributed by atoms with E-state index in [1.807, 2.05) is 15.7 Å². The molecule has 1 saturated heterocycles. The summed E-state index contributed by atoms with van der Waals surface area (Å²) in [5, 5.41) is 3.24. The first-order chi connectivity index (χ1) is 10.3. The van der Waals surface area contributed by atoms with Crippen molar-refractivity contribution in [2.24, 2.45) is 0 Å². The van der Waals surface area contributed by atoms with Crippen molar-refractivity contribution in [1.82, 2.24) is 19.8 Å². The summed E-state index contributed by atoms with van der Waals surface area (Å²) in [6, 6.07) is 0. The van der Waals surface area contributed by atoms with Crippen molar-refractivity contribution >= 4 is 5.91 Å². The molecule has 0 aromatic carbocycles. The van der Waals surface area contributed by atoms with Crippen molar-refractivity contribution in [2.75, 3.05) is 33.4 Å². The minimum Gasteiger partial charge on any atom is -0.383 e. The summed E-state index contributed by atoms with van der Waals surface area (Å²) >= 11 is 0. The molecule has 6 heteroatoms. The lowest BCUT2D eigenvalue weighted by molar-refractivity contribution is -0.131. The molecule has 21 heavy (non-hydrogen) atoms. The highest BCUT2D eigenvalue weighted by molar-refractivity contribution is 5.76. The Labute approximate surface area is 126 Å². The van der Waals surface area contributed by atoms with Gasteiger partial charge in [0.1, 0.15) is 6.54 Å². The van der Waals surface area contributed by atoms with Gasteiger partial charge in [-0.1, -0.05) is 12.8 Å². The molecule has 1 fully saturated rings. The number of hydrogen-bond acceptors (Lipinski definition) is 4. The number of imidazole rings is 1. The van der Waals surface area contributed by atoms with E-state index < -0.39 is 0 Å². The first-order valence-electron chi connectivity index (χ1n) is 7.77. The topological polar surface area (TPSA) is 59.4 Å². The second-order valence-electron chi connectivity index (χ2n) is 5.50. The molecule has 1 aliphatic rings. The molecule has 2 rings (SSSR count). The predicted molar refractivity (Wildman–Crippen MR) is 80.9 cm³/mol. The largest absolute Gasteiger partial charge is 0.383 e. The lowest BCUT2D eigenvalue weighted by Crippen LogP contribution is -2.34. The van der Waals surface area contributed by atoms with Gasteiger partial charge in [0.25, 0.3) is 0 Å². The Bertz CT molecular complexity index is 425. The van der Waals surface area contributed by atoms with Gasteiger partial charge < -0.3 is 19.5 Å². The Balaban J connectivity index is 1.77. The third-order valence-corrected chi connectivity index (χ3v) is 3.75. The number of carbonyl (C=O) groups is 1. The van der Waals surface area contributed by atoms with Crippen molar-refractivity contribution in [1.29, 1.82) is 0 Å². The van der Waals surface area contributed by atoms with Crippen LogP contribution in [0.5, 0.6) is 0 Å². The molecule has 1 amide bonds. The highest BCUT2D eigenvalue weighted by Gasteiger charge is 2.15. The zero-order chi connectivity index (χ0) is 14.9. The first-order valence-corrected chi connectivity index (χ1v) is 7.77. The normalized spacial score (nSPS) is 16.0. The van der Waals surface area contributed by atoms with Crippen LogP contribution in [0.25, 0.3) is 0 Å². The van der Waals surface area contributed by atoms with Gasteiger partial charge in [-0.25, -0.2) is 4.98 Å². The number of nitrogens with zero attached hydrogens (tertiary/aromatic N) is 3. The van der Waals surface area contributed by atoms with Crippen LogP contribution in [0.15, 0.2) is 12.5 Å². The Morgan fingerprint density at radius 2 is 2.10 bits per heavy atom.